The van der Waals surface area contributed by atoms with Gasteiger partial charge >= 0.3 is 6.18 Å². The number of rotatable bonds is 4. The Kier molecular flexibility index (Phi) is 4.40. The van der Waals surface area contributed by atoms with Crippen molar-refractivity contribution >= 4 is 33.7 Å². The van der Waals surface area contributed by atoms with E-state index in [9.17, 15) is 32.9 Å². The number of nitro benzene ring substituents is 1. The number of aldehydes is 1. The molecule has 0 aliphatic heterocycles. The van der Waals surface area contributed by atoms with Crippen LogP contribution in [0.15, 0.2) is 12.1 Å². The first kappa shape index (κ1) is 15.3. The molecule has 0 spiro atoms. The summed E-state index contributed by atoms with van der Waals surface area (Å²) in [6.45, 7) is 0. The van der Waals surface area contributed by atoms with Gasteiger partial charge in [-0.1, -0.05) is 15.9 Å². The number of carbonyl (C=O) groups is 2. The summed E-state index contributed by atoms with van der Waals surface area (Å²) in [5, 5.41) is 10.1. The minimum atomic E-state index is -4.96. The molecular weight excluding hydrogens is 335 g/mol. The van der Waals surface area contributed by atoms with Gasteiger partial charge in [0.25, 0.3) is 5.69 Å². The fourth-order valence-corrected chi connectivity index (χ4v) is 1.76. The molecule has 0 aliphatic carbocycles. The molecule has 102 valence electrons. The van der Waals surface area contributed by atoms with Crippen molar-refractivity contribution in [1.29, 1.82) is 0 Å². The lowest BCUT2D eigenvalue weighted by atomic mass is 9.97. The molecule has 0 heterocycles. The molecule has 0 fully saturated rings. The SMILES string of the molecule is O=Cc1cc([N+](=O)[O-])cc(C(=O)CBr)c1C(F)(F)F. The third-order valence-corrected chi connectivity index (χ3v) is 2.71. The van der Waals surface area contributed by atoms with Gasteiger partial charge in [-0.25, -0.2) is 0 Å². The summed E-state index contributed by atoms with van der Waals surface area (Å²) in [4.78, 5) is 31.7. The number of benzene rings is 1. The fraction of sp³-hybridized carbons (Fsp3) is 0.200. The number of ketones is 1. The number of hydrogen-bond acceptors (Lipinski definition) is 4. The maximum absolute atomic E-state index is 12.8. The topological polar surface area (TPSA) is 77.3 Å². The zero-order valence-corrected chi connectivity index (χ0v) is 10.6. The van der Waals surface area contributed by atoms with Crippen molar-refractivity contribution in [2.24, 2.45) is 0 Å². The van der Waals surface area contributed by atoms with Gasteiger partial charge in [0.1, 0.15) is 0 Å². The first-order chi connectivity index (χ1) is 8.72. The van der Waals surface area contributed by atoms with Crippen molar-refractivity contribution in [2.75, 3.05) is 5.33 Å². The van der Waals surface area contributed by atoms with Crippen LogP contribution in [0.25, 0.3) is 0 Å². The molecule has 0 atom stereocenters. The standard InChI is InChI=1S/C10H5BrF3NO4/c11-3-8(17)7-2-6(15(18)19)1-5(4-16)9(7)10(12,13)14/h1-2,4H,3H2. The first-order valence-corrected chi connectivity index (χ1v) is 5.78. The lowest BCUT2D eigenvalue weighted by Gasteiger charge is -2.13. The molecule has 0 radical (unpaired) electrons. The molecule has 0 saturated carbocycles. The summed E-state index contributed by atoms with van der Waals surface area (Å²) in [7, 11) is 0. The molecule has 5 nitrogen and oxygen atoms in total. The van der Waals surface area contributed by atoms with Crippen molar-refractivity contribution in [3.63, 3.8) is 0 Å². The average molecular weight is 340 g/mol. The first-order valence-electron chi connectivity index (χ1n) is 4.66. The van der Waals surface area contributed by atoms with Crippen LogP contribution in [0.4, 0.5) is 18.9 Å². The second kappa shape index (κ2) is 5.47. The Balaban J connectivity index is 3.72. The molecule has 0 aromatic heterocycles. The van der Waals surface area contributed by atoms with Gasteiger partial charge in [-0.2, -0.15) is 13.2 Å². The quantitative estimate of drug-likeness (QED) is 0.278. The zero-order chi connectivity index (χ0) is 14.8. The second-order valence-electron chi connectivity index (χ2n) is 3.39. The number of Topliss-reactive ketones (excluding diaryl/α,β-unsaturated/α-hetero) is 1. The van der Waals surface area contributed by atoms with Crippen molar-refractivity contribution in [3.05, 3.63) is 38.9 Å². The number of non-ortho nitro benzene ring substituents is 1. The van der Waals surface area contributed by atoms with E-state index in [2.05, 4.69) is 15.9 Å². The Morgan fingerprint density at radius 1 is 1.42 bits per heavy atom. The van der Waals surface area contributed by atoms with Crippen LogP contribution in [0.5, 0.6) is 0 Å². The number of nitro groups is 1. The summed E-state index contributed by atoms with van der Waals surface area (Å²) in [6.07, 6.45) is -5.13. The highest BCUT2D eigenvalue weighted by Gasteiger charge is 2.39. The van der Waals surface area contributed by atoms with Gasteiger partial charge in [-0.05, 0) is 0 Å². The zero-order valence-electron chi connectivity index (χ0n) is 9.03. The fourth-order valence-electron chi connectivity index (χ4n) is 1.46. The van der Waals surface area contributed by atoms with Crippen LogP contribution >= 0.6 is 15.9 Å². The van der Waals surface area contributed by atoms with Crippen molar-refractivity contribution in [1.82, 2.24) is 0 Å². The summed E-state index contributed by atoms with van der Waals surface area (Å²) in [6, 6.07) is 1.00. The van der Waals surface area contributed by atoms with Crippen LogP contribution in [-0.2, 0) is 6.18 Å². The van der Waals surface area contributed by atoms with Crippen molar-refractivity contribution in [3.8, 4) is 0 Å². The Labute approximate surface area is 112 Å². The molecule has 0 unspecified atom stereocenters. The molecule has 1 rings (SSSR count). The van der Waals surface area contributed by atoms with Crippen LogP contribution in [0.3, 0.4) is 0 Å². The highest BCUT2D eigenvalue weighted by Crippen LogP contribution is 2.36. The van der Waals surface area contributed by atoms with Crippen LogP contribution in [0, 0.1) is 10.1 Å². The van der Waals surface area contributed by atoms with E-state index in [0.717, 1.165) is 0 Å². The van der Waals surface area contributed by atoms with Crippen LogP contribution in [-0.4, -0.2) is 22.3 Å². The Bertz CT molecular complexity index is 556. The number of halogens is 4. The summed E-state index contributed by atoms with van der Waals surface area (Å²) < 4.78 is 38.5. The third-order valence-electron chi connectivity index (χ3n) is 2.20. The highest BCUT2D eigenvalue weighted by molar-refractivity contribution is 9.09. The molecule has 0 amide bonds. The van der Waals surface area contributed by atoms with Crippen LogP contribution < -0.4 is 0 Å². The number of hydrogen-bond donors (Lipinski definition) is 0. The van der Waals surface area contributed by atoms with Gasteiger partial charge in [0, 0.05) is 23.3 Å². The number of alkyl halides is 4. The molecular formula is C10H5BrF3NO4. The molecule has 9 heteroatoms. The van der Waals surface area contributed by atoms with E-state index in [1.807, 2.05) is 0 Å². The van der Waals surface area contributed by atoms with E-state index in [1.165, 1.54) is 0 Å². The van der Waals surface area contributed by atoms with E-state index in [-0.39, 0.29) is 6.29 Å². The number of carbonyl (C=O) groups excluding carboxylic acids is 2. The van der Waals surface area contributed by atoms with Crippen LogP contribution in [0.1, 0.15) is 26.3 Å². The van der Waals surface area contributed by atoms with Gasteiger partial charge in [-0.3, -0.25) is 19.7 Å². The maximum atomic E-state index is 12.8. The smallest absolute Gasteiger partial charge is 0.298 e. The van der Waals surface area contributed by atoms with E-state index < -0.39 is 44.6 Å². The Morgan fingerprint density at radius 2 is 2.00 bits per heavy atom. The van der Waals surface area contributed by atoms with Gasteiger partial charge in [0.2, 0.25) is 0 Å². The average Bonchev–Trinajstić information content (AvgIpc) is 2.34. The van der Waals surface area contributed by atoms with E-state index in [1.54, 1.807) is 0 Å². The molecule has 1 aromatic rings. The van der Waals surface area contributed by atoms with E-state index in [4.69, 9.17) is 0 Å². The van der Waals surface area contributed by atoms with E-state index >= 15 is 0 Å². The van der Waals surface area contributed by atoms with Crippen molar-refractivity contribution in [2.45, 2.75) is 6.18 Å². The highest BCUT2D eigenvalue weighted by atomic mass is 79.9. The van der Waals surface area contributed by atoms with Gasteiger partial charge < -0.3 is 0 Å². The van der Waals surface area contributed by atoms with E-state index in [0.29, 0.717) is 12.1 Å². The van der Waals surface area contributed by atoms with Gasteiger partial charge in [-0.15, -0.1) is 0 Å². The minimum Gasteiger partial charge on any atom is -0.298 e. The molecule has 19 heavy (non-hydrogen) atoms. The lowest BCUT2D eigenvalue weighted by molar-refractivity contribution is -0.384. The van der Waals surface area contributed by atoms with Gasteiger partial charge in [0.15, 0.2) is 12.1 Å². The lowest BCUT2D eigenvalue weighted by Crippen LogP contribution is -2.17. The third kappa shape index (κ3) is 3.16. The van der Waals surface area contributed by atoms with Gasteiger partial charge in [0.05, 0.1) is 15.8 Å². The monoisotopic (exact) mass is 339 g/mol. The molecule has 0 N–H and O–H groups in total. The minimum absolute atomic E-state index is 0.166. The Hall–Kier alpha value is -1.77. The summed E-state index contributed by atoms with van der Waals surface area (Å²) >= 11 is 2.69. The summed E-state index contributed by atoms with van der Waals surface area (Å²) in [5.74, 6) is -1.00. The molecule has 0 aliphatic rings. The normalized spacial score (nSPS) is 11.2. The Morgan fingerprint density at radius 3 is 2.37 bits per heavy atom. The summed E-state index contributed by atoms with van der Waals surface area (Å²) in [5.41, 5.74) is -4.05. The predicted molar refractivity (Wildman–Crippen MR) is 61.6 cm³/mol. The molecule has 0 bridgehead atoms. The number of nitrogens with zero attached hydrogens (tertiary/aromatic N) is 1. The molecule has 1 aromatic carbocycles. The van der Waals surface area contributed by atoms with Crippen LogP contribution in [0.2, 0.25) is 0 Å². The van der Waals surface area contributed by atoms with Crippen molar-refractivity contribution < 1.29 is 27.7 Å². The predicted octanol–water partition coefficient (Wildman–Crippen LogP) is 3.00. The second-order valence-corrected chi connectivity index (χ2v) is 3.95. The largest absolute Gasteiger partial charge is 0.417 e. The molecule has 0 saturated heterocycles. The maximum Gasteiger partial charge on any atom is 0.417 e.